The summed E-state index contributed by atoms with van der Waals surface area (Å²) >= 11 is 0. The molecule has 0 heterocycles. The summed E-state index contributed by atoms with van der Waals surface area (Å²) < 4.78 is 11.8. The van der Waals surface area contributed by atoms with Crippen molar-refractivity contribution in [2.45, 2.75) is 265 Å². The number of carbonyl (C=O) groups is 2. The van der Waals surface area contributed by atoms with Gasteiger partial charge < -0.3 is 19.3 Å². The standard InChI is InChI=1S/C55H109N3O4/c1-7-11-15-19-21-27-37-51(35-25-17-13-9-3)49-61-54(59)41-29-23-31-43-57(45-34-46-58(48-47-56(5)6)53-39-33-40-53)44-32-24-30-42-55(60)62-50-52(36-26-18-14-10-4)38-28-22-20-16-12-8-2/h51-53H,7-50H2,1-6H3. The van der Waals surface area contributed by atoms with Crippen molar-refractivity contribution >= 4 is 11.9 Å². The number of rotatable bonds is 48. The second-order valence-corrected chi connectivity index (χ2v) is 20.2. The fourth-order valence-electron chi connectivity index (χ4n) is 9.29. The molecule has 0 amide bonds. The zero-order valence-corrected chi connectivity index (χ0v) is 42.8. The van der Waals surface area contributed by atoms with Crippen LogP contribution in [0.4, 0.5) is 0 Å². The smallest absolute Gasteiger partial charge is 0.305 e. The summed E-state index contributed by atoms with van der Waals surface area (Å²) in [6.45, 7) is 17.1. The van der Waals surface area contributed by atoms with Crippen LogP contribution in [0.1, 0.15) is 259 Å². The Balaban J connectivity index is 2.54. The number of hydrogen-bond acceptors (Lipinski definition) is 7. The van der Waals surface area contributed by atoms with Crippen molar-refractivity contribution in [3.63, 3.8) is 0 Å². The summed E-state index contributed by atoms with van der Waals surface area (Å²) in [5.74, 6) is 1.08. The van der Waals surface area contributed by atoms with E-state index in [4.69, 9.17) is 9.47 Å². The number of esters is 2. The molecule has 0 aromatic rings. The third-order valence-corrected chi connectivity index (χ3v) is 13.9. The van der Waals surface area contributed by atoms with Crippen LogP contribution < -0.4 is 0 Å². The summed E-state index contributed by atoms with van der Waals surface area (Å²) in [7, 11) is 4.38. The lowest BCUT2D eigenvalue weighted by molar-refractivity contribution is -0.146. The number of likely N-dealkylation sites (N-methyl/N-ethyl adjacent to an activating group) is 1. The van der Waals surface area contributed by atoms with E-state index in [2.05, 4.69) is 56.5 Å². The lowest BCUT2D eigenvalue weighted by Gasteiger charge is -2.38. The van der Waals surface area contributed by atoms with Crippen molar-refractivity contribution < 1.29 is 19.1 Å². The lowest BCUT2D eigenvalue weighted by Crippen LogP contribution is -2.44. The Labute approximate surface area is 387 Å². The molecule has 1 aliphatic rings. The lowest BCUT2D eigenvalue weighted by atomic mass is 9.91. The van der Waals surface area contributed by atoms with Crippen LogP contribution in [0.5, 0.6) is 0 Å². The number of hydrogen-bond donors (Lipinski definition) is 0. The minimum absolute atomic E-state index is 0.0102. The molecule has 0 aromatic carbocycles. The molecule has 1 fully saturated rings. The Kier molecular flexibility index (Phi) is 41.5. The average Bonchev–Trinajstić information content (AvgIpc) is 3.24. The van der Waals surface area contributed by atoms with Crippen LogP contribution in [0.25, 0.3) is 0 Å². The zero-order valence-electron chi connectivity index (χ0n) is 42.8. The van der Waals surface area contributed by atoms with Gasteiger partial charge in [-0.3, -0.25) is 14.5 Å². The van der Waals surface area contributed by atoms with Gasteiger partial charge in [0.15, 0.2) is 0 Å². The van der Waals surface area contributed by atoms with Crippen LogP contribution in [0.2, 0.25) is 0 Å². The largest absolute Gasteiger partial charge is 0.465 e. The summed E-state index contributed by atoms with van der Waals surface area (Å²) in [6.07, 6.45) is 43.7. The van der Waals surface area contributed by atoms with E-state index < -0.39 is 0 Å². The zero-order chi connectivity index (χ0) is 45.1. The third-order valence-electron chi connectivity index (χ3n) is 13.9. The van der Waals surface area contributed by atoms with Crippen molar-refractivity contribution in [1.29, 1.82) is 0 Å². The summed E-state index contributed by atoms with van der Waals surface area (Å²) in [6, 6.07) is 0.779. The van der Waals surface area contributed by atoms with Crippen molar-refractivity contribution in [3.05, 3.63) is 0 Å². The summed E-state index contributed by atoms with van der Waals surface area (Å²) in [5, 5.41) is 0. The molecule has 0 spiro atoms. The molecule has 2 atom stereocenters. The molecular weight excluding hydrogens is 767 g/mol. The van der Waals surface area contributed by atoms with Crippen molar-refractivity contribution in [1.82, 2.24) is 14.7 Å². The second kappa shape index (κ2) is 43.7. The number of unbranched alkanes of at least 4 members (excludes halogenated alkanes) is 20. The molecule has 0 aromatic heterocycles. The van der Waals surface area contributed by atoms with Gasteiger partial charge in [0.05, 0.1) is 13.2 Å². The average molecular weight is 876 g/mol. The van der Waals surface area contributed by atoms with Crippen molar-refractivity contribution in [2.75, 3.05) is 66.6 Å². The molecule has 1 aliphatic carbocycles. The van der Waals surface area contributed by atoms with E-state index in [-0.39, 0.29) is 11.9 Å². The molecule has 0 N–H and O–H groups in total. The first kappa shape index (κ1) is 58.8. The first-order valence-corrected chi connectivity index (χ1v) is 27.7. The minimum atomic E-state index is 0.0102. The molecule has 0 bridgehead atoms. The third kappa shape index (κ3) is 36.1. The molecule has 0 radical (unpaired) electrons. The van der Waals surface area contributed by atoms with Crippen LogP contribution in [-0.2, 0) is 19.1 Å². The fraction of sp³-hybridized carbons (Fsp3) is 0.964. The van der Waals surface area contributed by atoms with E-state index >= 15 is 0 Å². The Morgan fingerprint density at radius 1 is 0.435 bits per heavy atom. The predicted molar refractivity (Wildman–Crippen MR) is 268 cm³/mol. The highest BCUT2D eigenvalue weighted by molar-refractivity contribution is 5.69. The van der Waals surface area contributed by atoms with Gasteiger partial charge in [0.1, 0.15) is 0 Å². The summed E-state index contributed by atoms with van der Waals surface area (Å²) in [5.41, 5.74) is 0. The van der Waals surface area contributed by atoms with Gasteiger partial charge in [-0.2, -0.15) is 0 Å². The van der Waals surface area contributed by atoms with E-state index in [1.54, 1.807) is 0 Å². The predicted octanol–water partition coefficient (Wildman–Crippen LogP) is 15.0. The van der Waals surface area contributed by atoms with Gasteiger partial charge in [-0.25, -0.2) is 0 Å². The van der Waals surface area contributed by atoms with E-state index in [0.29, 0.717) is 37.9 Å². The number of carbonyl (C=O) groups excluding carboxylic acids is 2. The monoisotopic (exact) mass is 876 g/mol. The highest BCUT2D eigenvalue weighted by Gasteiger charge is 2.24. The number of ether oxygens (including phenoxy) is 2. The van der Waals surface area contributed by atoms with Gasteiger partial charge in [-0.15, -0.1) is 0 Å². The Morgan fingerprint density at radius 2 is 0.806 bits per heavy atom. The molecule has 0 saturated heterocycles. The molecular formula is C55H109N3O4. The van der Waals surface area contributed by atoms with Crippen LogP contribution >= 0.6 is 0 Å². The number of nitrogens with zero attached hydrogens (tertiary/aromatic N) is 3. The van der Waals surface area contributed by atoms with Crippen LogP contribution in [0, 0.1) is 11.8 Å². The minimum Gasteiger partial charge on any atom is -0.465 e. The van der Waals surface area contributed by atoms with Crippen LogP contribution in [0.15, 0.2) is 0 Å². The van der Waals surface area contributed by atoms with E-state index in [1.807, 2.05) is 0 Å². The Hall–Kier alpha value is -1.18. The highest BCUT2D eigenvalue weighted by Crippen LogP contribution is 2.25. The quantitative estimate of drug-likeness (QED) is 0.0446. The molecule has 0 aliphatic heterocycles. The van der Waals surface area contributed by atoms with E-state index in [1.165, 1.54) is 193 Å². The molecule has 7 nitrogen and oxygen atoms in total. The molecule has 1 saturated carbocycles. The molecule has 2 unspecified atom stereocenters. The van der Waals surface area contributed by atoms with Crippen molar-refractivity contribution in [2.24, 2.45) is 11.8 Å². The van der Waals surface area contributed by atoms with Gasteiger partial charge in [0.2, 0.25) is 0 Å². The Bertz CT molecular complexity index is 916. The molecule has 62 heavy (non-hydrogen) atoms. The first-order chi connectivity index (χ1) is 30.3. The van der Waals surface area contributed by atoms with Crippen molar-refractivity contribution in [3.8, 4) is 0 Å². The molecule has 1 rings (SSSR count). The maximum absolute atomic E-state index is 12.9. The van der Waals surface area contributed by atoms with E-state index in [9.17, 15) is 9.59 Å². The first-order valence-electron chi connectivity index (χ1n) is 27.7. The van der Waals surface area contributed by atoms with Crippen LogP contribution in [0.3, 0.4) is 0 Å². The van der Waals surface area contributed by atoms with Gasteiger partial charge in [-0.05, 0) is 123 Å². The molecule has 7 heteroatoms. The van der Waals surface area contributed by atoms with Crippen LogP contribution in [-0.4, -0.2) is 99.3 Å². The van der Waals surface area contributed by atoms with Gasteiger partial charge >= 0.3 is 11.9 Å². The SMILES string of the molecule is CCCCCCCCC(CCCCCC)COC(=O)CCCCCN(CCCCCC(=O)OCC(CCCCCC)CCCCCCCC)CCCN(CCN(C)C)C1CCC1. The van der Waals surface area contributed by atoms with Gasteiger partial charge in [0.25, 0.3) is 0 Å². The van der Waals surface area contributed by atoms with Gasteiger partial charge in [-0.1, -0.05) is 175 Å². The normalized spacial score (nSPS) is 14.2. The Morgan fingerprint density at radius 3 is 1.19 bits per heavy atom. The topological polar surface area (TPSA) is 62.3 Å². The highest BCUT2D eigenvalue weighted by atomic mass is 16.5. The van der Waals surface area contributed by atoms with Gasteiger partial charge in [0, 0.05) is 32.0 Å². The second-order valence-electron chi connectivity index (χ2n) is 20.2. The maximum Gasteiger partial charge on any atom is 0.305 e. The maximum atomic E-state index is 12.9. The van der Waals surface area contributed by atoms with E-state index in [0.717, 1.165) is 70.7 Å². The fourth-order valence-corrected chi connectivity index (χ4v) is 9.29. The molecule has 368 valence electrons. The summed E-state index contributed by atoms with van der Waals surface area (Å²) in [4.78, 5) is 33.5.